The van der Waals surface area contributed by atoms with E-state index < -0.39 is 0 Å². The van der Waals surface area contributed by atoms with Gasteiger partial charge in [0.2, 0.25) is 11.9 Å². The molecule has 0 aromatic carbocycles. The van der Waals surface area contributed by atoms with Crippen molar-refractivity contribution in [3.05, 3.63) is 18.5 Å². The Morgan fingerprint density at radius 3 is 2.86 bits per heavy atom. The molecule has 3 fully saturated rings. The Balaban J connectivity index is 1.35. The summed E-state index contributed by atoms with van der Waals surface area (Å²) in [6, 6.07) is 1.83. The maximum atomic E-state index is 11.7. The standard InChI is InChI=1S/C16H22N4O2/c21-14-3-1-8-19(14)9-4-13-5-10-22-16(13)11-20(12-16)15-17-6-2-7-18-15/h2,6-7,13H,1,3-5,8-12H2/t13-/m1/s1. The predicted molar refractivity (Wildman–Crippen MR) is 81.5 cm³/mol. The molecule has 4 heterocycles. The van der Waals surface area contributed by atoms with Crippen LogP contribution in [0.3, 0.4) is 0 Å². The molecule has 1 aromatic heterocycles. The first-order chi connectivity index (χ1) is 10.8. The fourth-order valence-corrected chi connectivity index (χ4v) is 3.99. The molecule has 22 heavy (non-hydrogen) atoms. The molecule has 3 saturated heterocycles. The first kappa shape index (κ1) is 13.9. The van der Waals surface area contributed by atoms with Crippen molar-refractivity contribution in [2.45, 2.75) is 31.3 Å². The molecule has 4 rings (SSSR count). The Labute approximate surface area is 130 Å². The Hall–Kier alpha value is -1.69. The lowest BCUT2D eigenvalue weighted by molar-refractivity contribution is -0.128. The van der Waals surface area contributed by atoms with Crippen LogP contribution in [0.5, 0.6) is 0 Å². The van der Waals surface area contributed by atoms with Gasteiger partial charge in [-0.15, -0.1) is 0 Å². The minimum Gasteiger partial charge on any atom is -0.371 e. The van der Waals surface area contributed by atoms with Gasteiger partial charge in [-0.3, -0.25) is 4.79 Å². The van der Waals surface area contributed by atoms with Crippen LogP contribution in [0.15, 0.2) is 18.5 Å². The van der Waals surface area contributed by atoms with Gasteiger partial charge in [0, 0.05) is 38.5 Å². The molecule has 0 N–H and O–H groups in total. The molecular weight excluding hydrogens is 280 g/mol. The minimum absolute atomic E-state index is 0.0397. The Kier molecular flexibility index (Phi) is 3.48. The molecule has 1 aromatic rings. The zero-order chi connectivity index (χ0) is 15.0. The zero-order valence-electron chi connectivity index (χ0n) is 12.8. The number of likely N-dealkylation sites (tertiary alicyclic amines) is 1. The van der Waals surface area contributed by atoms with E-state index in [1.54, 1.807) is 12.4 Å². The number of hydrogen-bond donors (Lipinski definition) is 0. The lowest BCUT2D eigenvalue weighted by Gasteiger charge is -2.50. The second kappa shape index (κ2) is 5.50. The van der Waals surface area contributed by atoms with E-state index in [0.29, 0.717) is 11.8 Å². The number of nitrogens with zero attached hydrogens (tertiary/aromatic N) is 4. The normalized spacial score (nSPS) is 26.7. The van der Waals surface area contributed by atoms with Gasteiger partial charge in [0.25, 0.3) is 0 Å². The van der Waals surface area contributed by atoms with Crippen LogP contribution in [0, 0.1) is 5.92 Å². The van der Waals surface area contributed by atoms with Crippen LogP contribution in [-0.4, -0.2) is 59.2 Å². The molecule has 3 aliphatic rings. The highest BCUT2D eigenvalue weighted by Gasteiger charge is 2.53. The number of ether oxygens (including phenoxy) is 1. The first-order valence-corrected chi connectivity index (χ1v) is 8.21. The van der Waals surface area contributed by atoms with Crippen LogP contribution in [0.4, 0.5) is 5.95 Å². The molecule has 0 unspecified atom stereocenters. The molecule has 3 aliphatic heterocycles. The predicted octanol–water partition coefficient (Wildman–Crippen LogP) is 1.08. The Morgan fingerprint density at radius 1 is 1.32 bits per heavy atom. The fraction of sp³-hybridized carbons (Fsp3) is 0.688. The largest absolute Gasteiger partial charge is 0.371 e. The van der Waals surface area contributed by atoms with Gasteiger partial charge in [0.05, 0.1) is 13.1 Å². The van der Waals surface area contributed by atoms with Crippen LogP contribution in [-0.2, 0) is 9.53 Å². The molecule has 118 valence electrons. The second-order valence-electron chi connectivity index (χ2n) is 6.58. The number of amides is 1. The lowest BCUT2D eigenvalue weighted by Crippen LogP contribution is -2.65. The Morgan fingerprint density at radius 2 is 2.14 bits per heavy atom. The van der Waals surface area contributed by atoms with Gasteiger partial charge in [0.1, 0.15) is 5.60 Å². The monoisotopic (exact) mass is 302 g/mol. The average Bonchev–Trinajstić information content (AvgIpc) is 3.10. The number of anilines is 1. The third-order valence-corrected chi connectivity index (χ3v) is 5.27. The van der Waals surface area contributed by atoms with Crippen molar-refractivity contribution in [3.63, 3.8) is 0 Å². The lowest BCUT2D eigenvalue weighted by atomic mass is 9.79. The summed E-state index contributed by atoms with van der Waals surface area (Å²) < 4.78 is 6.08. The van der Waals surface area contributed by atoms with Crippen LogP contribution in [0.1, 0.15) is 25.7 Å². The van der Waals surface area contributed by atoms with E-state index in [-0.39, 0.29) is 5.60 Å². The summed E-state index contributed by atoms with van der Waals surface area (Å²) in [6.45, 7) is 4.40. The molecule has 0 bridgehead atoms. The summed E-state index contributed by atoms with van der Waals surface area (Å²) in [5, 5.41) is 0. The summed E-state index contributed by atoms with van der Waals surface area (Å²) in [5.74, 6) is 1.65. The van der Waals surface area contributed by atoms with Crippen molar-refractivity contribution in [3.8, 4) is 0 Å². The van der Waals surface area contributed by atoms with Gasteiger partial charge in [-0.1, -0.05) is 0 Å². The van der Waals surface area contributed by atoms with Gasteiger partial charge < -0.3 is 14.5 Å². The van der Waals surface area contributed by atoms with Gasteiger partial charge >= 0.3 is 0 Å². The number of rotatable bonds is 4. The topological polar surface area (TPSA) is 58.6 Å². The van der Waals surface area contributed by atoms with Crippen LogP contribution in [0.2, 0.25) is 0 Å². The number of carbonyl (C=O) groups is 1. The van der Waals surface area contributed by atoms with E-state index in [9.17, 15) is 4.79 Å². The number of aromatic nitrogens is 2. The van der Waals surface area contributed by atoms with Crippen molar-refractivity contribution in [2.24, 2.45) is 5.92 Å². The Bertz CT molecular complexity index is 544. The highest BCUT2D eigenvalue weighted by molar-refractivity contribution is 5.78. The molecule has 1 atom stereocenters. The van der Waals surface area contributed by atoms with Crippen molar-refractivity contribution in [2.75, 3.05) is 37.7 Å². The van der Waals surface area contributed by atoms with E-state index in [1.165, 1.54) is 0 Å². The van der Waals surface area contributed by atoms with Crippen LogP contribution < -0.4 is 4.90 Å². The van der Waals surface area contributed by atoms with Gasteiger partial charge in [-0.05, 0) is 31.2 Å². The summed E-state index contributed by atoms with van der Waals surface area (Å²) in [7, 11) is 0. The average molecular weight is 302 g/mol. The summed E-state index contributed by atoms with van der Waals surface area (Å²) in [6.07, 6.45) is 7.45. The highest BCUT2D eigenvalue weighted by Crippen LogP contribution is 2.42. The van der Waals surface area contributed by atoms with E-state index >= 15 is 0 Å². The van der Waals surface area contributed by atoms with Crippen molar-refractivity contribution >= 4 is 11.9 Å². The summed E-state index contributed by atoms with van der Waals surface area (Å²) >= 11 is 0. The van der Waals surface area contributed by atoms with E-state index in [4.69, 9.17) is 4.74 Å². The first-order valence-electron chi connectivity index (χ1n) is 8.21. The van der Waals surface area contributed by atoms with Gasteiger partial charge in [-0.25, -0.2) is 9.97 Å². The van der Waals surface area contributed by atoms with Gasteiger partial charge in [-0.2, -0.15) is 0 Å². The summed E-state index contributed by atoms with van der Waals surface area (Å²) in [4.78, 5) is 24.5. The molecular formula is C16H22N4O2. The smallest absolute Gasteiger partial charge is 0.225 e. The quantitative estimate of drug-likeness (QED) is 0.833. The number of hydrogen-bond acceptors (Lipinski definition) is 5. The van der Waals surface area contributed by atoms with Gasteiger partial charge in [0.15, 0.2) is 0 Å². The SMILES string of the molecule is O=C1CCCN1CC[C@@H]1CCOC12CN(c1ncccn1)C2. The third-order valence-electron chi connectivity index (χ3n) is 5.27. The second-order valence-corrected chi connectivity index (χ2v) is 6.58. The maximum absolute atomic E-state index is 11.7. The fourth-order valence-electron chi connectivity index (χ4n) is 3.99. The van der Waals surface area contributed by atoms with Crippen molar-refractivity contribution in [1.29, 1.82) is 0 Å². The molecule has 0 saturated carbocycles. The molecule has 1 spiro atoms. The number of carbonyl (C=O) groups excluding carboxylic acids is 1. The molecule has 6 heteroatoms. The van der Waals surface area contributed by atoms with Crippen LogP contribution in [0.25, 0.3) is 0 Å². The van der Waals surface area contributed by atoms with E-state index in [2.05, 4.69) is 14.9 Å². The molecule has 6 nitrogen and oxygen atoms in total. The maximum Gasteiger partial charge on any atom is 0.225 e. The van der Waals surface area contributed by atoms with Crippen molar-refractivity contribution in [1.82, 2.24) is 14.9 Å². The van der Waals surface area contributed by atoms with Crippen molar-refractivity contribution < 1.29 is 9.53 Å². The highest BCUT2D eigenvalue weighted by atomic mass is 16.5. The van der Waals surface area contributed by atoms with Crippen LogP contribution >= 0.6 is 0 Å². The molecule has 0 aliphatic carbocycles. The molecule has 0 radical (unpaired) electrons. The third kappa shape index (κ3) is 2.35. The zero-order valence-corrected chi connectivity index (χ0v) is 12.8. The van der Waals surface area contributed by atoms with E-state index in [0.717, 1.165) is 64.4 Å². The molecule has 1 amide bonds. The minimum atomic E-state index is -0.0397. The van der Waals surface area contributed by atoms with E-state index in [1.807, 2.05) is 11.0 Å². The summed E-state index contributed by atoms with van der Waals surface area (Å²) in [5.41, 5.74) is -0.0397.